The zero-order chi connectivity index (χ0) is 11.3. The predicted molar refractivity (Wildman–Crippen MR) is 66.3 cm³/mol. The van der Waals surface area contributed by atoms with Crippen LogP contribution in [-0.4, -0.2) is 62.2 Å². The fourth-order valence-corrected chi connectivity index (χ4v) is 2.02. The summed E-state index contributed by atoms with van der Waals surface area (Å²) in [6, 6.07) is 0. The summed E-state index contributed by atoms with van der Waals surface area (Å²) in [4.78, 5) is 4.85. The minimum absolute atomic E-state index is 0.330. The van der Waals surface area contributed by atoms with Gasteiger partial charge in [0.2, 0.25) is 0 Å². The van der Waals surface area contributed by atoms with Crippen LogP contribution in [0.15, 0.2) is 0 Å². The van der Waals surface area contributed by atoms with Crippen LogP contribution in [0.2, 0.25) is 0 Å². The summed E-state index contributed by atoms with van der Waals surface area (Å²) < 4.78 is 0. The van der Waals surface area contributed by atoms with Crippen LogP contribution in [0.5, 0.6) is 0 Å². The smallest absolute Gasteiger partial charge is 0.0137 e. The Morgan fingerprint density at radius 2 is 2.00 bits per heavy atom. The Bertz CT molecular complexity index is 178. The van der Waals surface area contributed by atoms with Crippen molar-refractivity contribution in [3.05, 3.63) is 0 Å². The number of hydrogen-bond acceptors (Lipinski definition) is 3. The molecule has 0 aromatic rings. The van der Waals surface area contributed by atoms with Crippen LogP contribution in [0.25, 0.3) is 0 Å². The average molecular weight is 213 g/mol. The summed E-state index contributed by atoms with van der Waals surface area (Å²) in [7, 11) is 4.29. The minimum Gasteiger partial charge on any atom is -0.310 e. The second kappa shape index (κ2) is 5.83. The van der Waals surface area contributed by atoms with Crippen molar-refractivity contribution in [2.45, 2.75) is 32.2 Å². The minimum atomic E-state index is 0.330. The molecule has 0 saturated carbocycles. The highest BCUT2D eigenvalue weighted by Gasteiger charge is 2.21. The van der Waals surface area contributed by atoms with Crippen molar-refractivity contribution in [1.82, 2.24) is 15.1 Å². The molecule has 1 saturated heterocycles. The van der Waals surface area contributed by atoms with Crippen molar-refractivity contribution in [2.75, 3.05) is 46.8 Å². The highest BCUT2D eigenvalue weighted by Crippen LogP contribution is 2.12. The molecule has 0 atom stereocenters. The maximum absolute atomic E-state index is 3.60. The highest BCUT2D eigenvalue weighted by atomic mass is 15.2. The molecule has 1 fully saturated rings. The van der Waals surface area contributed by atoms with E-state index in [1.54, 1.807) is 0 Å². The Kier molecular flexibility index (Phi) is 5.03. The third kappa shape index (κ3) is 5.50. The molecule has 3 nitrogen and oxygen atoms in total. The third-order valence-electron chi connectivity index (χ3n) is 3.16. The van der Waals surface area contributed by atoms with E-state index in [1.807, 2.05) is 0 Å². The molecular formula is C12H27N3. The molecule has 1 heterocycles. The maximum Gasteiger partial charge on any atom is 0.0137 e. The fraction of sp³-hybridized carbons (Fsp3) is 1.00. The van der Waals surface area contributed by atoms with Gasteiger partial charge in [-0.05, 0) is 60.4 Å². The van der Waals surface area contributed by atoms with E-state index >= 15 is 0 Å². The molecule has 15 heavy (non-hydrogen) atoms. The molecule has 0 spiro atoms. The zero-order valence-electron chi connectivity index (χ0n) is 10.8. The lowest BCUT2D eigenvalue weighted by atomic mass is 10.0. The number of hydrogen-bond donors (Lipinski definition) is 1. The molecular weight excluding hydrogens is 186 g/mol. The van der Waals surface area contributed by atoms with E-state index in [0.717, 1.165) is 6.54 Å². The fourth-order valence-electron chi connectivity index (χ4n) is 2.02. The van der Waals surface area contributed by atoms with Gasteiger partial charge in [0, 0.05) is 18.6 Å². The lowest BCUT2D eigenvalue weighted by Crippen LogP contribution is -2.39. The molecule has 3 heteroatoms. The maximum atomic E-state index is 3.60. The normalized spacial score (nSPS) is 23.0. The van der Waals surface area contributed by atoms with Crippen molar-refractivity contribution >= 4 is 0 Å². The first-order valence-corrected chi connectivity index (χ1v) is 6.12. The molecule has 0 radical (unpaired) electrons. The van der Waals surface area contributed by atoms with E-state index in [4.69, 9.17) is 0 Å². The van der Waals surface area contributed by atoms with Crippen LogP contribution in [0.3, 0.4) is 0 Å². The van der Waals surface area contributed by atoms with Crippen molar-refractivity contribution in [3.8, 4) is 0 Å². The van der Waals surface area contributed by atoms with E-state index in [1.165, 1.54) is 39.0 Å². The van der Waals surface area contributed by atoms with Gasteiger partial charge in [-0.15, -0.1) is 0 Å². The molecule has 1 aliphatic rings. The Labute approximate surface area is 94.8 Å². The summed E-state index contributed by atoms with van der Waals surface area (Å²) in [6.45, 7) is 10.6. The quantitative estimate of drug-likeness (QED) is 0.752. The summed E-state index contributed by atoms with van der Waals surface area (Å²) >= 11 is 0. The molecule has 0 unspecified atom stereocenters. The van der Waals surface area contributed by atoms with E-state index < -0.39 is 0 Å². The lowest BCUT2D eigenvalue weighted by molar-refractivity contribution is 0.263. The van der Waals surface area contributed by atoms with Gasteiger partial charge in [-0.2, -0.15) is 0 Å². The first kappa shape index (κ1) is 12.9. The second-order valence-electron chi connectivity index (χ2n) is 5.56. The SMILES string of the molecule is CN(C)CCCN1CCNC(C)(C)CC1. The second-order valence-corrected chi connectivity index (χ2v) is 5.56. The standard InChI is InChI=1S/C12H27N3/c1-12(2)6-10-15(11-7-13-12)9-5-8-14(3)4/h13H,5-11H2,1-4H3. The largest absolute Gasteiger partial charge is 0.310 e. The lowest BCUT2D eigenvalue weighted by Gasteiger charge is -2.24. The number of nitrogens with zero attached hydrogens (tertiary/aromatic N) is 2. The first-order chi connectivity index (χ1) is 6.99. The van der Waals surface area contributed by atoms with E-state index in [0.29, 0.717) is 5.54 Å². The topological polar surface area (TPSA) is 18.5 Å². The van der Waals surface area contributed by atoms with E-state index in [-0.39, 0.29) is 0 Å². The molecule has 0 aromatic carbocycles. The van der Waals surface area contributed by atoms with E-state index in [9.17, 15) is 0 Å². The first-order valence-electron chi connectivity index (χ1n) is 6.12. The number of nitrogens with one attached hydrogen (secondary N) is 1. The Balaban J connectivity index is 2.20. The van der Waals surface area contributed by atoms with Crippen LogP contribution in [-0.2, 0) is 0 Å². The summed E-state index contributed by atoms with van der Waals surface area (Å²) in [6.07, 6.45) is 2.54. The number of rotatable bonds is 4. The van der Waals surface area contributed by atoms with Crippen LogP contribution >= 0.6 is 0 Å². The molecule has 1 aliphatic heterocycles. The van der Waals surface area contributed by atoms with Crippen molar-refractivity contribution in [3.63, 3.8) is 0 Å². The van der Waals surface area contributed by atoms with E-state index in [2.05, 4.69) is 43.1 Å². The van der Waals surface area contributed by atoms with Gasteiger partial charge < -0.3 is 15.1 Å². The Morgan fingerprint density at radius 3 is 2.67 bits per heavy atom. The summed E-state index contributed by atoms with van der Waals surface area (Å²) in [5, 5.41) is 3.60. The Morgan fingerprint density at radius 1 is 1.27 bits per heavy atom. The van der Waals surface area contributed by atoms with Crippen LogP contribution < -0.4 is 5.32 Å². The zero-order valence-corrected chi connectivity index (χ0v) is 10.8. The van der Waals surface area contributed by atoms with Gasteiger partial charge in [0.05, 0.1) is 0 Å². The van der Waals surface area contributed by atoms with Gasteiger partial charge in [-0.25, -0.2) is 0 Å². The molecule has 0 amide bonds. The van der Waals surface area contributed by atoms with Gasteiger partial charge in [0.1, 0.15) is 0 Å². The van der Waals surface area contributed by atoms with Gasteiger partial charge in [0.25, 0.3) is 0 Å². The van der Waals surface area contributed by atoms with Gasteiger partial charge in [0.15, 0.2) is 0 Å². The van der Waals surface area contributed by atoms with Gasteiger partial charge in [-0.1, -0.05) is 0 Å². The molecule has 0 bridgehead atoms. The predicted octanol–water partition coefficient (Wildman–Crippen LogP) is 1.01. The van der Waals surface area contributed by atoms with Crippen molar-refractivity contribution < 1.29 is 0 Å². The van der Waals surface area contributed by atoms with Crippen molar-refractivity contribution in [2.24, 2.45) is 0 Å². The Hall–Kier alpha value is -0.120. The molecule has 0 aromatic heterocycles. The van der Waals surface area contributed by atoms with Crippen LogP contribution in [0.4, 0.5) is 0 Å². The van der Waals surface area contributed by atoms with Crippen LogP contribution in [0.1, 0.15) is 26.7 Å². The molecule has 0 aliphatic carbocycles. The van der Waals surface area contributed by atoms with Gasteiger partial charge in [-0.3, -0.25) is 0 Å². The average Bonchev–Trinajstić information content (AvgIpc) is 2.27. The third-order valence-corrected chi connectivity index (χ3v) is 3.16. The van der Waals surface area contributed by atoms with Gasteiger partial charge >= 0.3 is 0 Å². The highest BCUT2D eigenvalue weighted by molar-refractivity contribution is 4.82. The molecule has 1 N–H and O–H groups in total. The molecule has 90 valence electrons. The monoisotopic (exact) mass is 213 g/mol. The van der Waals surface area contributed by atoms with Crippen molar-refractivity contribution in [1.29, 1.82) is 0 Å². The van der Waals surface area contributed by atoms with Crippen LogP contribution in [0, 0.1) is 0 Å². The summed E-state index contributed by atoms with van der Waals surface area (Å²) in [5.74, 6) is 0. The molecule has 1 rings (SSSR count). The summed E-state index contributed by atoms with van der Waals surface area (Å²) in [5.41, 5.74) is 0.330.